The fourth-order valence-corrected chi connectivity index (χ4v) is 3.34. The third kappa shape index (κ3) is 3.35. The van der Waals surface area contributed by atoms with Crippen molar-refractivity contribution >= 4 is 17.4 Å². The van der Waals surface area contributed by atoms with Crippen LogP contribution in [0.25, 0.3) is 0 Å². The van der Waals surface area contributed by atoms with Gasteiger partial charge in [-0.15, -0.1) is 0 Å². The Morgan fingerprint density at radius 3 is 2.45 bits per heavy atom. The van der Waals surface area contributed by atoms with Crippen LogP contribution >= 0.6 is 0 Å². The molecular formula is C17H25N3O2. The number of hydrogen-bond acceptors (Lipinski definition) is 3. The summed E-state index contributed by atoms with van der Waals surface area (Å²) in [6, 6.07) is 8.06. The average molecular weight is 303 g/mol. The first-order valence-corrected chi connectivity index (χ1v) is 8.19. The number of carbonyl (C=O) groups is 1. The number of amides is 2. The van der Waals surface area contributed by atoms with Crippen LogP contribution in [0.2, 0.25) is 0 Å². The predicted octanol–water partition coefficient (Wildman–Crippen LogP) is 2.93. The SMILES string of the molecule is C[C@H]1CN(c2ccccc2NC(=O)N2CCCC2)C[C@H](C)O1. The Kier molecular flexibility index (Phi) is 4.52. The first kappa shape index (κ1) is 15.2. The van der Waals surface area contributed by atoms with Crippen LogP contribution in [-0.2, 0) is 4.74 Å². The highest BCUT2D eigenvalue weighted by atomic mass is 16.5. The number of carbonyl (C=O) groups excluding carboxylic acids is 1. The van der Waals surface area contributed by atoms with Gasteiger partial charge in [0.15, 0.2) is 0 Å². The zero-order valence-corrected chi connectivity index (χ0v) is 13.4. The Morgan fingerprint density at radius 2 is 1.77 bits per heavy atom. The number of urea groups is 1. The maximum Gasteiger partial charge on any atom is 0.321 e. The molecule has 2 fully saturated rings. The molecule has 2 atom stereocenters. The summed E-state index contributed by atoms with van der Waals surface area (Å²) in [6.07, 6.45) is 2.61. The lowest BCUT2D eigenvalue weighted by molar-refractivity contribution is -0.00517. The third-order valence-electron chi connectivity index (χ3n) is 4.30. The van der Waals surface area contributed by atoms with E-state index in [1.807, 2.05) is 23.1 Å². The summed E-state index contributed by atoms with van der Waals surface area (Å²) in [5.41, 5.74) is 1.97. The number of morpholine rings is 1. The monoisotopic (exact) mass is 303 g/mol. The lowest BCUT2D eigenvalue weighted by atomic mass is 10.1. The first-order valence-electron chi connectivity index (χ1n) is 8.19. The largest absolute Gasteiger partial charge is 0.372 e. The van der Waals surface area contributed by atoms with Gasteiger partial charge in [0.1, 0.15) is 0 Å². The first-order chi connectivity index (χ1) is 10.6. The van der Waals surface area contributed by atoms with Gasteiger partial charge in [-0.05, 0) is 38.8 Å². The summed E-state index contributed by atoms with van der Waals surface area (Å²) in [6.45, 7) is 7.60. The number of anilines is 2. The smallest absolute Gasteiger partial charge is 0.321 e. The highest BCUT2D eigenvalue weighted by molar-refractivity contribution is 5.93. The van der Waals surface area contributed by atoms with Crippen LogP contribution in [-0.4, -0.2) is 49.3 Å². The van der Waals surface area contributed by atoms with E-state index in [9.17, 15) is 4.79 Å². The molecule has 0 aliphatic carbocycles. The molecule has 2 saturated heterocycles. The van der Waals surface area contributed by atoms with Crippen molar-refractivity contribution in [2.24, 2.45) is 0 Å². The Hall–Kier alpha value is -1.75. The molecule has 2 aliphatic rings. The number of nitrogens with zero attached hydrogens (tertiary/aromatic N) is 2. The number of hydrogen-bond donors (Lipinski definition) is 1. The second kappa shape index (κ2) is 6.57. The Bertz CT molecular complexity index is 518. The van der Waals surface area contributed by atoms with Crippen LogP contribution in [0, 0.1) is 0 Å². The minimum absolute atomic E-state index is 0.0132. The molecule has 0 spiro atoms. The molecule has 1 aromatic rings. The molecule has 2 aliphatic heterocycles. The number of ether oxygens (including phenoxy) is 1. The van der Waals surface area contributed by atoms with Crippen molar-refractivity contribution in [3.63, 3.8) is 0 Å². The van der Waals surface area contributed by atoms with Crippen LogP contribution in [0.5, 0.6) is 0 Å². The molecule has 0 aromatic heterocycles. The lowest BCUT2D eigenvalue weighted by Crippen LogP contribution is -2.46. The molecule has 0 bridgehead atoms. The van der Waals surface area contributed by atoms with Gasteiger partial charge in [0.05, 0.1) is 23.6 Å². The van der Waals surface area contributed by atoms with E-state index in [1.165, 1.54) is 0 Å². The lowest BCUT2D eigenvalue weighted by Gasteiger charge is -2.37. The van der Waals surface area contributed by atoms with Gasteiger partial charge < -0.3 is 19.9 Å². The molecule has 0 radical (unpaired) electrons. The van der Waals surface area contributed by atoms with Gasteiger partial charge in [-0.25, -0.2) is 4.79 Å². The van der Waals surface area contributed by atoms with Gasteiger partial charge in [-0.1, -0.05) is 12.1 Å². The molecule has 5 heteroatoms. The van der Waals surface area contributed by atoms with E-state index in [4.69, 9.17) is 4.74 Å². The molecule has 0 saturated carbocycles. The van der Waals surface area contributed by atoms with Gasteiger partial charge in [-0.2, -0.15) is 0 Å². The summed E-state index contributed by atoms with van der Waals surface area (Å²) in [5, 5.41) is 3.08. The normalized spacial score (nSPS) is 25.4. The van der Waals surface area contributed by atoms with Crippen molar-refractivity contribution in [2.75, 3.05) is 36.4 Å². The maximum atomic E-state index is 12.4. The summed E-state index contributed by atoms with van der Waals surface area (Å²) in [7, 11) is 0. The molecule has 0 unspecified atom stereocenters. The second-order valence-electron chi connectivity index (χ2n) is 6.30. The van der Waals surface area contributed by atoms with Crippen molar-refractivity contribution in [3.8, 4) is 0 Å². The van der Waals surface area contributed by atoms with Crippen LogP contribution in [0.3, 0.4) is 0 Å². The minimum Gasteiger partial charge on any atom is -0.372 e. The van der Waals surface area contributed by atoms with Crippen LogP contribution < -0.4 is 10.2 Å². The molecule has 22 heavy (non-hydrogen) atoms. The second-order valence-corrected chi connectivity index (χ2v) is 6.30. The summed E-state index contributed by atoms with van der Waals surface area (Å²) >= 11 is 0. The molecular weight excluding hydrogens is 278 g/mol. The van der Waals surface area contributed by atoms with E-state index in [1.54, 1.807) is 0 Å². The van der Waals surface area contributed by atoms with Crippen molar-refractivity contribution in [1.29, 1.82) is 0 Å². The summed E-state index contributed by atoms with van der Waals surface area (Å²) in [4.78, 5) is 16.5. The quantitative estimate of drug-likeness (QED) is 0.913. The van der Waals surface area contributed by atoms with Crippen LogP contribution in [0.1, 0.15) is 26.7 Å². The molecule has 120 valence electrons. The fraction of sp³-hybridized carbons (Fsp3) is 0.588. The van der Waals surface area contributed by atoms with Gasteiger partial charge >= 0.3 is 6.03 Å². The highest BCUT2D eigenvalue weighted by Crippen LogP contribution is 2.29. The van der Waals surface area contributed by atoms with E-state index in [2.05, 4.69) is 30.1 Å². The topological polar surface area (TPSA) is 44.8 Å². The predicted molar refractivity (Wildman–Crippen MR) is 88.5 cm³/mol. The Balaban J connectivity index is 1.76. The zero-order chi connectivity index (χ0) is 15.5. The highest BCUT2D eigenvalue weighted by Gasteiger charge is 2.25. The van der Waals surface area contributed by atoms with Gasteiger partial charge in [0.25, 0.3) is 0 Å². The summed E-state index contributed by atoms with van der Waals surface area (Å²) < 4.78 is 5.80. The third-order valence-corrected chi connectivity index (χ3v) is 4.30. The number of likely N-dealkylation sites (tertiary alicyclic amines) is 1. The van der Waals surface area contributed by atoms with Gasteiger partial charge in [0.2, 0.25) is 0 Å². The van der Waals surface area contributed by atoms with E-state index in [-0.39, 0.29) is 18.2 Å². The molecule has 2 heterocycles. The van der Waals surface area contributed by atoms with Gasteiger partial charge in [0, 0.05) is 26.2 Å². The zero-order valence-electron chi connectivity index (χ0n) is 13.4. The van der Waals surface area contributed by atoms with Crippen LogP contribution in [0.15, 0.2) is 24.3 Å². The molecule has 1 N–H and O–H groups in total. The summed E-state index contributed by atoms with van der Waals surface area (Å²) in [5.74, 6) is 0. The van der Waals surface area contributed by atoms with Gasteiger partial charge in [-0.3, -0.25) is 0 Å². The van der Waals surface area contributed by atoms with Crippen molar-refractivity contribution in [3.05, 3.63) is 24.3 Å². The number of benzene rings is 1. The fourth-order valence-electron chi connectivity index (χ4n) is 3.34. The van der Waals surface area contributed by atoms with E-state index >= 15 is 0 Å². The number of rotatable bonds is 2. The number of nitrogens with one attached hydrogen (secondary N) is 1. The standard InChI is InChI=1S/C17H25N3O2/c1-13-11-20(12-14(2)22-13)16-8-4-3-7-15(16)18-17(21)19-9-5-6-10-19/h3-4,7-8,13-14H,5-6,9-12H2,1-2H3,(H,18,21)/t13-,14-/m0/s1. The molecule has 3 rings (SSSR count). The Labute approximate surface area is 132 Å². The van der Waals surface area contributed by atoms with Crippen molar-refractivity contribution in [1.82, 2.24) is 4.90 Å². The number of para-hydroxylation sites is 2. The van der Waals surface area contributed by atoms with E-state index in [0.717, 1.165) is 50.4 Å². The maximum absolute atomic E-state index is 12.4. The molecule has 2 amide bonds. The average Bonchev–Trinajstić information content (AvgIpc) is 3.01. The molecule has 5 nitrogen and oxygen atoms in total. The van der Waals surface area contributed by atoms with Crippen molar-refractivity contribution in [2.45, 2.75) is 38.9 Å². The molecule has 1 aromatic carbocycles. The van der Waals surface area contributed by atoms with Crippen molar-refractivity contribution < 1.29 is 9.53 Å². The van der Waals surface area contributed by atoms with E-state index < -0.39 is 0 Å². The minimum atomic E-state index is 0.0132. The Morgan fingerprint density at radius 1 is 1.14 bits per heavy atom. The van der Waals surface area contributed by atoms with E-state index in [0.29, 0.717) is 0 Å². The van der Waals surface area contributed by atoms with Crippen LogP contribution in [0.4, 0.5) is 16.2 Å².